The molecule has 1 aromatic carbocycles. The molecule has 1 aliphatic rings. The first-order valence-corrected chi connectivity index (χ1v) is 7.49. The van der Waals surface area contributed by atoms with Gasteiger partial charge in [0.1, 0.15) is 6.04 Å². The minimum Gasteiger partial charge on any atom is -0.301 e. The molecule has 3 nitrogen and oxygen atoms in total. The normalized spacial score (nSPS) is 18.9. The molecule has 1 atom stereocenters. The van der Waals surface area contributed by atoms with Crippen LogP contribution in [0.5, 0.6) is 0 Å². The van der Waals surface area contributed by atoms with E-state index in [4.69, 9.17) is 0 Å². The molecule has 0 amide bonds. The highest BCUT2D eigenvalue weighted by molar-refractivity contribution is 5.31. The summed E-state index contributed by atoms with van der Waals surface area (Å²) in [5.41, 5.74) is -0.281. The molecule has 22 heavy (non-hydrogen) atoms. The number of piperazine rings is 1. The van der Waals surface area contributed by atoms with Crippen molar-refractivity contribution in [3.8, 4) is 6.07 Å². The van der Waals surface area contributed by atoms with Gasteiger partial charge in [-0.1, -0.05) is 19.1 Å². The summed E-state index contributed by atoms with van der Waals surface area (Å²) in [5, 5.41) is 9.41. The minimum atomic E-state index is -4.38. The fourth-order valence-electron chi connectivity index (χ4n) is 2.81. The second kappa shape index (κ2) is 7.12. The van der Waals surface area contributed by atoms with Crippen molar-refractivity contribution in [1.82, 2.24) is 9.80 Å². The molecular formula is C16H20F3N3. The molecule has 1 fully saturated rings. The lowest BCUT2D eigenvalue weighted by molar-refractivity contribution is -0.137. The quantitative estimate of drug-likeness (QED) is 0.855. The summed E-state index contributed by atoms with van der Waals surface area (Å²) in [5.74, 6) is 0. The minimum absolute atomic E-state index is 0.418. The Bertz CT molecular complexity index is 528. The fourth-order valence-corrected chi connectivity index (χ4v) is 2.81. The predicted octanol–water partition coefficient (Wildman–Crippen LogP) is 3.30. The molecule has 1 aromatic rings. The molecule has 120 valence electrons. The van der Waals surface area contributed by atoms with Gasteiger partial charge in [-0.05, 0) is 30.7 Å². The lowest BCUT2D eigenvalue weighted by Crippen LogP contribution is -2.47. The standard InChI is InChI=1S/C16H20F3N3/c1-2-6-21-7-9-22(10-8-21)15(12-20)13-4-3-5-14(11-13)16(17,18)19/h3-5,11,15H,2,6-10H2,1H3. The first-order chi connectivity index (χ1) is 10.5. The zero-order valence-corrected chi connectivity index (χ0v) is 12.6. The summed E-state index contributed by atoms with van der Waals surface area (Å²) in [4.78, 5) is 4.28. The Balaban J connectivity index is 2.11. The van der Waals surface area contributed by atoms with Gasteiger partial charge in [0.2, 0.25) is 0 Å². The highest BCUT2D eigenvalue weighted by Gasteiger charge is 2.32. The maximum absolute atomic E-state index is 12.8. The Morgan fingerprint density at radius 1 is 1.23 bits per heavy atom. The summed E-state index contributed by atoms with van der Waals surface area (Å²) in [6.07, 6.45) is -3.30. The van der Waals surface area contributed by atoms with Crippen LogP contribution in [0.4, 0.5) is 13.2 Å². The van der Waals surface area contributed by atoms with Crippen molar-refractivity contribution in [3.63, 3.8) is 0 Å². The molecule has 0 bridgehead atoms. The van der Waals surface area contributed by atoms with E-state index in [0.29, 0.717) is 18.7 Å². The van der Waals surface area contributed by atoms with Crippen molar-refractivity contribution in [1.29, 1.82) is 5.26 Å². The molecule has 0 aromatic heterocycles. The van der Waals surface area contributed by atoms with E-state index in [1.165, 1.54) is 6.07 Å². The molecule has 0 aliphatic carbocycles. The summed E-state index contributed by atoms with van der Waals surface area (Å²) >= 11 is 0. The molecule has 6 heteroatoms. The molecule has 1 saturated heterocycles. The average molecular weight is 311 g/mol. The SMILES string of the molecule is CCCN1CCN(C(C#N)c2cccc(C(F)(F)F)c2)CC1. The number of hydrogen-bond donors (Lipinski definition) is 0. The predicted molar refractivity (Wildman–Crippen MR) is 78.1 cm³/mol. The zero-order chi connectivity index (χ0) is 16.2. The molecule has 1 aliphatic heterocycles. The Morgan fingerprint density at radius 2 is 1.91 bits per heavy atom. The van der Waals surface area contributed by atoms with Crippen LogP contribution < -0.4 is 0 Å². The molecule has 0 spiro atoms. The van der Waals surface area contributed by atoms with Gasteiger partial charge in [0, 0.05) is 26.2 Å². The molecule has 0 saturated carbocycles. The first-order valence-electron chi connectivity index (χ1n) is 7.49. The summed E-state index contributed by atoms with van der Waals surface area (Å²) in [7, 11) is 0. The summed E-state index contributed by atoms with van der Waals surface area (Å²) < 4.78 is 38.4. The number of nitrogens with zero attached hydrogens (tertiary/aromatic N) is 3. The molecular weight excluding hydrogens is 291 g/mol. The van der Waals surface area contributed by atoms with E-state index in [-0.39, 0.29) is 0 Å². The number of alkyl halides is 3. The van der Waals surface area contributed by atoms with Crippen LogP contribution in [0.2, 0.25) is 0 Å². The third-order valence-electron chi connectivity index (χ3n) is 3.96. The van der Waals surface area contributed by atoms with Gasteiger partial charge in [0.05, 0.1) is 11.6 Å². The third kappa shape index (κ3) is 3.99. The molecule has 2 rings (SSSR count). The first kappa shape index (κ1) is 16.8. The molecule has 1 heterocycles. The van der Waals surface area contributed by atoms with Gasteiger partial charge < -0.3 is 4.90 Å². The Hall–Kier alpha value is -1.58. The third-order valence-corrected chi connectivity index (χ3v) is 3.96. The van der Waals surface area contributed by atoms with Gasteiger partial charge in [0.25, 0.3) is 0 Å². The monoisotopic (exact) mass is 311 g/mol. The van der Waals surface area contributed by atoms with E-state index in [0.717, 1.165) is 38.2 Å². The highest BCUT2D eigenvalue weighted by atomic mass is 19.4. The topological polar surface area (TPSA) is 30.3 Å². The Morgan fingerprint density at radius 3 is 2.45 bits per heavy atom. The fraction of sp³-hybridized carbons (Fsp3) is 0.562. The van der Waals surface area contributed by atoms with Gasteiger partial charge in [-0.3, -0.25) is 4.90 Å². The van der Waals surface area contributed by atoms with Crippen LogP contribution in [0, 0.1) is 11.3 Å². The van der Waals surface area contributed by atoms with E-state index in [1.54, 1.807) is 6.07 Å². The van der Waals surface area contributed by atoms with Crippen molar-refractivity contribution in [2.75, 3.05) is 32.7 Å². The van der Waals surface area contributed by atoms with Gasteiger partial charge in [-0.2, -0.15) is 18.4 Å². The van der Waals surface area contributed by atoms with E-state index < -0.39 is 17.8 Å². The second-order valence-electron chi connectivity index (χ2n) is 5.53. The van der Waals surface area contributed by atoms with E-state index in [9.17, 15) is 18.4 Å². The number of rotatable bonds is 4. The maximum Gasteiger partial charge on any atom is 0.416 e. The Labute approximate surface area is 128 Å². The number of halogens is 3. The molecule has 1 unspecified atom stereocenters. The molecule has 0 radical (unpaired) electrons. The summed E-state index contributed by atoms with van der Waals surface area (Å²) in [6, 6.07) is 6.63. The molecule has 0 N–H and O–H groups in total. The van der Waals surface area contributed by atoms with Gasteiger partial charge in [-0.25, -0.2) is 0 Å². The lowest BCUT2D eigenvalue weighted by atomic mass is 10.0. The number of hydrogen-bond acceptors (Lipinski definition) is 3. The van der Waals surface area contributed by atoms with Gasteiger partial charge >= 0.3 is 6.18 Å². The van der Waals surface area contributed by atoms with Crippen molar-refractivity contribution >= 4 is 0 Å². The van der Waals surface area contributed by atoms with E-state index in [1.807, 2.05) is 4.90 Å². The summed E-state index contributed by atoms with van der Waals surface area (Å²) in [6.45, 7) is 6.25. The van der Waals surface area contributed by atoms with Crippen molar-refractivity contribution in [2.45, 2.75) is 25.6 Å². The van der Waals surface area contributed by atoms with E-state index in [2.05, 4.69) is 17.9 Å². The zero-order valence-electron chi connectivity index (χ0n) is 12.6. The smallest absolute Gasteiger partial charge is 0.301 e. The van der Waals surface area contributed by atoms with Crippen molar-refractivity contribution in [3.05, 3.63) is 35.4 Å². The van der Waals surface area contributed by atoms with Gasteiger partial charge in [-0.15, -0.1) is 0 Å². The van der Waals surface area contributed by atoms with Crippen LogP contribution in [-0.2, 0) is 6.18 Å². The van der Waals surface area contributed by atoms with Crippen LogP contribution in [0.25, 0.3) is 0 Å². The maximum atomic E-state index is 12.8. The second-order valence-corrected chi connectivity index (χ2v) is 5.53. The van der Waals surface area contributed by atoms with Gasteiger partial charge in [0.15, 0.2) is 0 Å². The largest absolute Gasteiger partial charge is 0.416 e. The van der Waals surface area contributed by atoms with Crippen molar-refractivity contribution in [2.24, 2.45) is 0 Å². The number of benzene rings is 1. The van der Waals surface area contributed by atoms with E-state index >= 15 is 0 Å². The van der Waals surface area contributed by atoms with Crippen LogP contribution >= 0.6 is 0 Å². The van der Waals surface area contributed by atoms with Crippen LogP contribution in [0.1, 0.15) is 30.5 Å². The Kier molecular flexibility index (Phi) is 5.43. The lowest BCUT2D eigenvalue weighted by Gasteiger charge is -2.37. The average Bonchev–Trinajstić information content (AvgIpc) is 2.49. The van der Waals surface area contributed by atoms with Crippen LogP contribution in [0.3, 0.4) is 0 Å². The van der Waals surface area contributed by atoms with Crippen molar-refractivity contribution < 1.29 is 13.2 Å². The number of nitriles is 1. The van der Waals surface area contributed by atoms with Crippen LogP contribution in [0.15, 0.2) is 24.3 Å². The highest BCUT2D eigenvalue weighted by Crippen LogP contribution is 2.32. The van der Waals surface area contributed by atoms with Crippen LogP contribution in [-0.4, -0.2) is 42.5 Å².